The molecule has 0 saturated heterocycles. The molecule has 0 aliphatic heterocycles. The highest BCUT2D eigenvalue weighted by atomic mass is 16.1. The van der Waals surface area contributed by atoms with Crippen LogP contribution in [0, 0.1) is 5.92 Å². The molecule has 1 rings (SSSR count). The van der Waals surface area contributed by atoms with Crippen LogP contribution in [0.15, 0.2) is 24.3 Å². The minimum atomic E-state index is 0.0810. The summed E-state index contributed by atoms with van der Waals surface area (Å²) in [7, 11) is 0. The van der Waals surface area contributed by atoms with Crippen LogP contribution >= 0.6 is 0 Å². The predicted octanol–water partition coefficient (Wildman–Crippen LogP) is 4.03. The minimum Gasteiger partial charge on any atom is -0.350 e. The highest BCUT2D eigenvalue weighted by Crippen LogP contribution is 2.18. The summed E-state index contributed by atoms with van der Waals surface area (Å²) < 4.78 is 0. The van der Waals surface area contributed by atoms with Gasteiger partial charge in [0.05, 0.1) is 6.04 Å². The van der Waals surface area contributed by atoms with Crippen LogP contribution in [-0.2, 0) is 4.79 Å². The topological polar surface area (TPSA) is 29.1 Å². The summed E-state index contributed by atoms with van der Waals surface area (Å²) in [5.41, 5.74) is 2.50. The largest absolute Gasteiger partial charge is 0.350 e. The van der Waals surface area contributed by atoms with Crippen molar-refractivity contribution in [3.05, 3.63) is 35.4 Å². The van der Waals surface area contributed by atoms with E-state index in [1.54, 1.807) is 0 Å². The molecule has 1 aromatic rings. The predicted molar refractivity (Wildman–Crippen MR) is 76.5 cm³/mol. The highest BCUT2D eigenvalue weighted by molar-refractivity contribution is 5.76. The van der Waals surface area contributed by atoms with Gasteiger partial charge >= 0.3 is 0 Å². The van der Waals surface area contributed by atoms with E-state index < -0.39 is 0 Å². The lowest BCUT2D eigenvalue weighted by molar-refractivity contribution is -0.122. The molecule has 1 N–H and O–H groups in total. The van der Waals surface area contributed by atoms with Crippen molar-refractivity contribution in [2.24, 2.45) is 5.92 Å². The standard InChI is InChI=1S/C16H25NO/c1-11(2)10-16(18)17-13(5)15-8-6-14(7-9-15)12(3)4/h6-9,11-13H,10H2,1-5H3,(H,17,18)/t13-/m1/s1. The van der Waals surface area contributed by atoms with E-state index >= 15 is 0 Å². The summed E-state index contributed by atoms with van der Waals surface area (Å²) in [6.07, 6.45) is 0.592. The van der Waals surface area contributed by atoms with Crippen molar-refractivity contribution < 1.29 is 4.79 Å². The van der Waals surface area contributed by atoms with E-state index in [1.807, 2.05) is 6.92 Å². The van der Waals surface area contributed by atoms with Gasteiger partial charge in [0.15, 0.2) is 0 Å². The van der Waals surface area contributed by atoms with Gasteiger partial charge in [-0.25, -0.2) is 0 Å². The lowest BCUT2D eigenvalue weighted by Crippen LogP contribution is -2.27. The van der Waals surface area contributed by atoms with Gasteiger partial charge in [0.2, 0.25) is 5.91 Å². The zero-order valence-corrected chi connectivity index (χ0v) is 12.2. The van der Waals surface area contributed by atoms with Gasteiger partial charge in [-0.05, 0) is 29.9 Å². The van der Waals surface area contributed by atoms with Crippen LogP contribution in [0.4, 0.5) is 0 Å². The summed E-state index contributed by atoms with van der Waals surface area (Å²) in [6.45, 7) is 10.5. The number of hydrogen-bond acceptors (Lipinski definition) is 1. The molecule has 1 amide bonds. The molecule has 2 heteroatoms. The van der Waals surface area contributed by atoms with Gasteiger partial charge in [-0.2, -0.15) is 0 Å². The second-order valence-electron chi connectivity index (χ2n) is 5.71. The monoisotopic (exact) mass is 247 g/mol. The molecule has 100 valence electrons. The molecule has 1 aromatic carbocycles. The molecular formula is C16H25NO. The van der Waals surface area contributed by atoms with E-state index in [0.717, 1.165) is 5.56 Å². The third-order valence-electron chi connectivity index (χ3n) is 3.07. The number of carbonyl (C=O) groups excluding carboxylic acids is 1. The Morgan fingerprint density at radius 1 is 1.00 bits per heavy atom. The second-order valence-corrected chi connectivity index (χ2v) is 5.71. The Morgan fingerprint density at radius 3 is 1.94 bits per heavy atom. The van der Waals surface area contributed by atoms with Gasteiger partial charge in [0.1, 0.15) is 0 Å². The van der Waals surface area contributed by atoms with Crippen molar-refractivity contribution >= 4 is 5.91 Å². The Hall–Kier alpha value is -1.31. The number of rotatable bonds is 5. The summed E-state index contributed by atoms with van der Waals surface area (Å²) >= 11 is 0. The first kappa shape index (κ1) is 14.7. The van der Waals surface area contributed by atoms with Gasteiger partial charge in [-0.15, -0.1) is 0 Å². The normalized spacial score (nSPS) is 12.8. The maximum Gasteiger partial charge on any atom is 0.220 e. The molecule has 0 bridgehead atoms. The van der Waals surface area contributed by atoms with Gasteiger partial charge in [0.25, 0.3) is 0 Å². The summed E-state index contributed by atoms with van der Waals surface area (Å²) in [5.74, 6) is 1.08. The van der Waals surface area contributed by atoms with Crippen LogP contribution in [0.1, 0.15) is 64.1 Å². The van der Waals surface area contributed by atoms with Crippen molar-refractivity contribution in [3.63, 3.8) is 0 Å². The molecule has 0 aliphatic rings. The Kier molecular flexibility index (Phi) is 5.39. The quantitative estimate of drug-likeness (QED) is 0.836. The Bertz CT molecular complexity index is 379. The molecule has 0 heterocycles. The SMILES string of the molecule is CC(C)CC(=O)N[C@H](C)c1ccc(C(C)C)cc1. The molecule has 0 fully saturated rings. The fourth-order valence-corrected chi connectivity index (χ4v) is 1.92. The zero-order valence-electron chi connectivity index (χ0n) is 12.2. The molecule has 0 spiro atoms. The first-order valence-electron chi connectivity index (χ1n) is 6.79. The van der Waals surface area contributed by atoms with E-state index in [2.05, 4.69) is 57.3 Å². The molecule has 2 nitrogen and oxygen atoms in total. The fourth-order valence-electron chi connectivity index (χ4n) is 1.92. The van der Waals surface area contributed by atoms with E-state index in [1.165, 1.54) is 5.56 Å². The van der Waals surface area contributed by atoms with Crippen molar-refractivity contribution in [2.75, 3.05) is 0 Å². The van der Waals surface area contributed by atoms with Crippen molar-refractivity contribution in [3.8, 4) is 0 Å². The number of hydrogen-bond donors (Lipinski definition) is 1. The average Bonchev–Trinajstić information content (AvgIpc) is 2.27. The van der Waals surface area contributed by atoms with Crippen molar-refractivity contribution in [2.45, 2.75) is 53.0 Å². The van der Waals surface area contributed by atoms with E-state index in [0.29, 0.717) is 18.3 Å². The van der Waals surface area contributed by atoms with Crippen LogP contribution in [0.5, 0.6) is 0 Å². The summed E-state index contributed by atoms with van der Waals surface area (Å²) in [5, 5.41) is 3.04. The lowest BCUT2D eigenvalue weighted by atomic mass is 9.99. The number of nitrogens with one attached hydrogen (secondary N) is 1. The molecule has 1 atom stereocenters. The maximum absolute atomic E-state index is 11.7. The maximum atomic E-state index is 11.7. The highest BCUT2D eigenvalue weighted by Gasteiger charge is 2.11. The second kappa shape index (κ2) is 6.58. The molecule has 18 heavy (non-hydrogen) atoms. The minimum absolute atomic E-state index is 0.0810. The molecule has 0 aromatic heterocycles. The zero-order chi connectivity index (χ0) is 13.7. The van der Waals surface area contributed by atoms with Crippen LogP contribution in [-0.4, -0.2) is 5.91 Å². The number of amides is 1. The van der Waals surface area contributed by atoms with Crippen molar-refractivity contribution in [1.82, 2.24) is 5.32 Å². The molecule has 0 unspecified atom stereocenters. The first-order valence-corrected chi connectivity index (χ1v) is 6.79. The Morgan fingerprint density at radius 2 is 1.50 bits per heavy atom. The molecule has 0 saturated carbocycles. The number of benzene rings is 1. The lowest BCUT2D eigenvalue weighted by Gasteiger charge is -2.16. The van der Waals surface area contributed by atoms with Crippen LogP contribution < -0.4 is 5.32 Å². The van der Waals surface area contributed by atoms with Crippen LogP contribution in [0.25, 0.3) is 0 Å². The molecular weight excluding hydrogens is 222 g/mol. The van der Waals surface area contributed by atoms with Gasteiger partial charge < -0.3 is 5.32 Å². The molecule has 0 radical (unpaired) electrons. The van der Waals surface area contributed by atoms with Gasteiger partial charge in [-0.3, -0.25) is 4.79 Å². The van der Waals surface area contributed by atoms with E-state index in [4.69, 9.17) is 0 Å². The van der Waals surface area contributed by atoms with E-state index in [9.17, 15) is 4.79 Å². The Labute approximate surface area is 111 Å². The first-order chi connectivity index (χ1) is 8.40. The van der Waals surface area contributed by atoms with Crippen LogP contribution in [0.3, 0.4) is 0 Å². The summed E-state index contributed by atoms with van der Waals surface area (Å²) in [6, 6.07) is 8.58. The third-order valence-corrected chi connectivity index (χ3v) is 3.07. The average molecular weight is 247 g/mol. The summed E-state index contributed by atoms with van der Waals surface area (Å²) in [4.78, 5) is 11.7. The smallest absolute Gasteiger partial charge is 0.220 e. The fraction of sp³-hybridized carbons (Fsp3) is 0.562. The molecule has 0 aliphatic carbocycles. The van der Waals surface area contributed by atoms with Gasteiger partial charge in [0, 0.05) is 6.42 Å². The van der Waals surface area contributed by atoms with Gasteiger partial charge in [-0.1, -0.05) is 52.0 Å². The van der Waals surface area contributed by atoms with Crippen molar-refractivity contribution in [1.29, 1.82) is 0 Å². The van der Waals surface area contributed by atoms with E-state index in [-0.39, 0.29) is 11.9 Å². The van der Waals surface area contributed by atoms with Crippen LogP contribution in [0.2, 0.25) is 0 Å². The third kappa shape index (κ3) is 4.52. The Balaban J connectivity index is 2.61. The number of carbonyl (C=O) groups is 1.